The van der Waals surface area contributed by atoms with Crippen molar-refractivity contribution in [2.45, 2.75) is 13.5 Å². The number of hydrogen-bond acceptors (Lipinski definition) is 4. The van der Waals surface area contributed by atoms with Crippen LogP contribution in [-0.2, 0) is 6.54 Å². The van der Waals surface area contributed by atoms with E-state index >= 15 is 0 Å². The molecule has 90 valence electrons. The van der Waals surface area contributed by atoms with Crippen LogP contribution in [0, 0.1) is 5.82 Å². The number of rotatable bonds is 4. The summed E-state index contributed by atoms with van der Waals surface area (Å²) in [5, 5.41) is 8.52. The monoisotopic (exact) mass is 271 g/mol. The maximum absolute atomic E-state index is 13.1. The molecule has 0 spiro atoms. The van der Waals surface area contributed by atoms with Gasteiger partial charge in [0.1, 0.15) is 10.8 Å². The van der Waals surface area contributed by atoms with E-state index in [4.69, 9.17) is 11.6 Å². The van der Waals surface area contributed by atoms with Crippen LogP contribution in [0.1, 0.15) is 11.9 Å². The van der Waals surface area contributed by atoms with E-state index in [9.17, 15) is 4.39 Å². The molecule has 0 bridgehead atoms. The fourth-order valence-corrected chi connectivity index (χ4v) is 2.40. The normalized spacial score (nSPS) is 10.5. The molecule has 1 aromatic carbocycles. The largest absolute Gasteiger partial charge is 0.365 e. The molecule has 0 radical (unpaired) electrons. The Morgan fingerprint density at radius 2 is 2.24 bits per heavy atom. The highest BCUT2D eigenvalue weighted by Crippen LogP contribution is 2.21. The number of nitrogens with zero attached hydrogens (tertiary/aromatic N) is 3. The van der Waals surface area contributed by atoms with Gasteiger partial charge in [0, 0.05) is 12.2 Å². The van der Waals surface area contributed by atoms with E-state index < -0.39 is 0 Å². The van der Waals surface area contributed by atoms with Crippen molar-refractivity contribution in [2.75, 3.05) is 11.4 Å². The Hall–Kier alpha value is -1.20. The van der Waals surface area contributed by atoms with E-state index in [0.717, 1.165) is 17.2 Å². The van der Waals surface area contributed by atoms with Crippen molar-refractivity contribution < 1.29 is 4.39 Å². The molecule has 0 aliphatic rings. The van der Waals surface area contributed by atoms with Crippen LogP contribution in [0.2, 0.25) is 4.47 Å². The van der Waals surface area contributed by atoms with Gasteiger partial charge in [-0.1, -0.05) is 17.4 Å². The maximum atomic E-state index is 13.1. The van der Waals surface area contributed by atoms with Gasteiger partial charge < -0.3 is 4.90 Å². The zero-order valence-corrected chi connectivity index (χ0v) is 10.8. The molecule has 0 saturated carbocycles. The van der Waals surface area contributed by atoms with Gasteiger partial charge in [-0.05, 0) is 36.7 Å². The first-order valence-corrected chi connectivity index (χ1v) is 6.37. The molecule has 0 fully saturated rings. The van der Waals surface area contributed by atoms with Crippen molar-refractivity contribution in [1.29, 1.82) is 0 Å². The first kappa shape index (κ1) is 12.3. The van der Waals surface area contributed by atoms with Crippen molar-refractivity contribution >= 4 is 28.6 Å². The van der Waals surface area contributed by atoms with Crippen LogP contribution in [0.3, 0.4) is 0 Å². The Bertz CT molecular complexity index is 503. The second-order valence-corrected chi connectivity index (χ2v) is 5.09. The second-order valence-electron chi connectivity index (χ2n) is 3.44. The first-order chi connectivity index (χ1) is 8.19. The molecule has 2 aromatic rings. The summed E-state index contributed by atoms with van der Waals surface area (Å²) >= 11 is 7.06. The molecule has 2 rings (SSSR count). The van der Waals surface area contributed by atoms with E-state index in [1.807, 2.05) is 17.9 Å². The zero-order chi connectivity index (χ0) is 12.3. The number of hydrogen-bond donors (Lipinski definition) is 0. The Labute approximate surface area is 108 Å². The molecule has 3 nitrogen and oxygen atoms in total. The van der Waals surface area contributed by atoms with Crippen molar-refractivity contribution in [2.24, 2.45) is 0 Å². The maximum Gasteiger partial charge on any atom is 0.207 e. The second kappa shape index (κ2) is 5.42. The topological polar surface area (TPSA) is 29.0 Å². The zero-order valence-electron chi connectivity index (χ0n) is 9.23. The lowest BCUT2D eigenvalue weighted by molar-refractivity contribution is 0.626. The summed E-state index contributed by atoms with van der Waals surface area (Å²) < 4.78 is 13.6. The number of halogens is 2. The minimum absolute atomic E-state index is 0.240. The molecule has 0 atom stereocenters. The molecule has 6 heteroatoms. The molecule has 0 amide bonds. The van der Waals surface area contributed by atoms with Crippen LogP contribution >= 0.6 is 22.9 Å². The summed E-state index contributed by atoms with van der Waals surface area (Å²) in [6.45, 7) is 3.36. The summed E-state index contributed by atoms with van der Waals surface area (Å²) in [4.78, 5) is 2.01. The molecular formula is C11H11ClFN3S. The highest BCUT2D eigenvalue weighted by molar-refractivity contribution is 7.15. The third-order valence-corrected chi connectivity index (χ3v) is 3.33. The molecule has 0 aliphatic carbocycles. The van der Waals surface area contributed by atoms with Crippen LogP contribution < -0.4 is 4.90 Å². The number of aromatic nitrogens is 2. The van der Waals surface area contributed by atoms with Crippen LogP contribution in [0.5, 0.6) is 0 Å². The van der Waals surface area contributed by atoms with Gasteiger partial charge in [0.25, 0.3) is 0 Å². The van der Waals surface area contributed by atoms with Crippen molar-refractivity contribution in [3.8, 4) is 0 Å². The first-order valence-electron chi connectivity index (χ1n) is 5.17. The minimum Gasteiger partial charge on any atom is -0.365 e. The summed E-state index contributed by atoms with van der Waals surface area (Å²) in [5.41, 5.74) is 0.832. The molecule has 1 aromatic heterocycles. The minimum atomic E-state index is -0.240. The Morgan fingerprint density at radius 1 is 1.41 bits per heavy atom. The van der Waals surface area contributed by atoms with Crippen LogP contribution in [0.4, 0.5) is 10.1 Å². The van der Waals surface area contributed by atoms with Gasteiger partial charge in [-0.25, -0.2) is 4.39 Å². The van der Waals surface area contributed by atoms with E-state index in [1.165, 1.54) is 23.5 Å². The predicted octanol–water partition coefficient (Wildman–Crippen LogP) is 3.36. The van der Waals surface area contributed by atoms with E-state index in [-0.39, 0.29) is 5.82 Å². The van der Waals surface area contributed by atoms with Crippen LogP contribution in [-0.4, -0.2) is 16.7 Å². The van der Waals surface area contributed by atoms with Gasteiger partial charge in [0.2, 0.25) is 4.47 Å². The Morgan fingerprint density at radius 3 is 2.82 bits per heavy atom. The third kappa shape index (κ3) is 3.14. The third-order valence-electron chi connectivity index (χ3n) is 2.32. The SMILES string of the molecule is CCN(Cc1nnc(Cl)s1)c1cccc(F)c1. The molecule has 0 aliphatic heterocycles. The lowest BCUT2D eigenvalue weighted by atomic mass is 10.3. The highest BCUT2D eigenvalue weighted by atomic mass is 35.5. The van der Waals surface area contributed by atoms with Crippen molar-refractivity contribution in [3.63, 3.8) is 0 Å². The van der Waals surface area contributed by atoms with Crippen molar-refractivity contribution in [3.05, 3.63) is 39.6 Å². The van der Waals surface area contributed by atoms with Crippen molar-refractivity contribution in [1.82, 2.24) is 10.2 Å². The quantitative estimate of drug-likeness (QED) is 0.854. The Balaban J connectivity index is 2.16. The van der Waals surface area contributed by atoms with Crippen LogP contribution in [0.15, 0.2) is 24.3 Å². The Kier molecular flexibility index (Phi) is 3.91. The van der Waals surface area contributed by atoms with Crippen LogP contribution in [0.25, 0.3) is 0 Å². The smallest absolute Gasteiger partial charge is 0.207 e. The summed E-state index contributed by atoms with van der Waals surface area (Å²) in [7, 11) is 0. The average Bonchev–Trinajstić information content (AvgIpc) is 2.72. The molecule has 0 unspecified atom stereocenters. The van der Waals surface area contributed by atoms with Gasteiger partial charge >= 0.3 is 0 Å². The van der Waals surface area contributed by atoms with Gasteiger partial charge in [0.15, 0.2) is 0 Å². The summed E-state index contributed by atoms with van der Waals surface area (Å²) in [6, 6.07) is 6.50. The molecule has 0 saturated heterocycles. The van der Waals surface area contributed by atoms with Gasteiger partial charge in [-0.3, -0.25) is 0 Å². The molecular weight excluding hydrogens is 261 g/mol. The summed E-state index contributed by atoms with van der Waals surface area (Å²) in [5.74, 6) is -0.240. The van der Waals surface area contributed by atoms with E-state index in [0.29, 0.717) is 11.0 Å². The predicted molar refractivity (Wildman–Crippen MR) is 68.0 cm³/mol. The van der Waals surface area contributed by atoms with Gasteiger partial charge in [-0.15, -0.1) is 10.2 Å². The lowest BCUT2D eigenvalue weighted by Gasteiger charge is -2.21. The summed E-state index contributed by atoms with van der Waals surface area (Å²) in [6.07, 6.45) is 0. The highest BCUT2D eigenvalue weighted by Gasteiger charge is 2.09. The number of anilines is 1. The standard InChI is InChI=1S/C11H11ClFN3S/c1-2-16(7-10-14-15-11(12)17-10)9-5-3-4-8(13)6-9/h3-6H,2,7H2,1H3. The van der Waals surface area contributed by atoms with Gasteiger partial charge in [-0.2, -0.15) is 0 Å². The fourth-order valence-electron chi connectivity index (χ4n) is 1.52. The van der Waals surface area contributed by atoms with E-state index in [2.05, 4.69) is 10.2 Å². The van der Waals surface area contributed by atoms with Gasteiger partial charge in [0.05, 0.1) is 6.54 Å². The lowest BCUT2D eigenvalue weighted by Crippen LogP contribution is -2.21. The fraction of sp³-hybridized carbons (Fsp3) is 0.273. The number of benzene rings is 1. The molecule has 0 N–H and O–H groups in total. The average molecular weight is 272 g/mol. The molecule has 17 heavy (non-hydrogen) atoms. The van der Waals surface area contributed by atoms with E-state index in [1.54, 1.807) is 6.07 Å². The molecule has 1 heterocycles.